The second-order valence-electron chi connectivity index (χ2n) is 3.36. The van der Waals surface area contributed by atoms with Crippen LogP contribution in [0, 0.1) is 6.92 Å². The molecule has 12 heavy (non-hydrogen) atoms. The monoisotopic (exact) mass is 162 g/mol. The molecule has 2 nitrogen and oxygen atoms in total. The molecule has 0 saturated carbocycles. The molecule has 0 spiro atoms. The van der Waals surface area contributed by atoms with Gasteiger partial charge in [0.2, 0.25) is 0 Å². The summed E-state index contributed by atoms with van der Waals surface area (Å²) in [5.41, 5.74) is 10.7. The van der Waals surface area contributed by atoms with Gasteiger partial charge in [0.15, 0.2) is 0 Å². The van der Waals surface area contributed by atoms with Crippen LogP contribution in [0.4, 0.5) is 11.4 Å². The second kappa shape index (κ2) is 2.70. The van der Waals surface area contributed by atoms with Crippen molar-refractivity contribution in [2.45, 2.75) is 19.8 Å². The van der Waals surface area contributed by atoms with E-state index in [0.29, 0.717) is 0 Å². The van der Waals surface area contributed by atoms with Crippen molar-refractivity contribution in [2.75, 3.05) is 17.6 Å². The third kappa shape index (κ3) is 1.04. The smallest absolute Gasteiger partial charge is 0.0423 e. The molecule has 0 amide bonds. The molecular formula is C10H14N2. The van der Waals surface area contributed by atoms with Gasteiger partial charge in [-0.25, -0.2) is 0 Å². The molecule has 0 atom stereocenters. The molecule has 0 aromatic heterocycles. The minimum atomic E-state index is 0.933. The molecule has 0 bridgehead atoms. The summed E-state index contributed by atoms with van der Waals surface area (Å²) in [7, 11) is 0. The van der Waals surface area contributed by atoms with Crippen LogP contribution in [0.2, 0.25) is 0 Å². The number of hydrogen-bond acceptors (Lipinski definition) is 2. The third-order valence-corrected chi connectivity index (χ3v) is 2.46. The SMILES string of the molecule is Cc1ccc(N)c2c1NCCC2. The molecule has 64 valence electrons. The van der Waals surface area contributed by atoms with E-state index in [9.17, 15) is 0 Å². The van der Waals surface area contributed by atoms with Crippen LogP contribution in [0.1, 0.15) is 17.5 Å². The lowest BCUT2D eigenvalue weighted by Crippen LogP contribution is -2.14. The van der Waals surface area contributed by atoms with Crippen molar-refractivity contribution < 1.29 is 0 Å². The van der Waals surface area contributed by atoms with Gasteiger partial charge in [-0.15, -0.1) is 0 Å². The molecular weight excluding hydrogens is 148 g/mol. The van der Waals surface area contributed by atoms with Crippen molar-refractivity contribution in [1.29, 1.82) is 0 Å². The molecule has 0 fully saturated rings. The van der Waals surface area contributed by atoms with Crippen LogP contribution in [0.5, 0.6) is 0 Å². The van der Waals surface area contributed by atoms with Gasteiger partial charge in [-0.3, -0.25) is 0 Å². The Kier molecular flexibility index (Phi) is 1.68. The highest BCUT2D eigenvalue weighted by atomic mass is 14.9. The summed E-state index contributed by atoms with van der Waals surface area (Å²) in [6.07, 6.45) is 2.32. The zero-order chi connectivity index (χ0) is 8.55. The first-order chi connectivity index (χ1) is 5.79. The number of nitrogens with one attached hydrogen (secondary N) is 1. The van der Waals surface area contributed by atoms with Crippen LogP contribution in [-0.2, 0) is 6.42 Å². The summed E-state index contributed by atoms with van der Waals surface area (Å²) in [5, 5.41) is 3.39. The van der Waals surface area contributed by atoms with Crippen molar-refractivity contribution in [1.82, 2.24) is 0 Å². The van der Waals surface area contributed by atoms with Crippen LogP contribution in [0.3, 0.4) is 0 Å². The third-order valence-electron chi connectivity index (χ3n) is 2.46. The Hall–Kier alpha value is -1.18. The zero-order valence-corrected chi connectivity index (χ0v) is 7.35. The standard InChI is InChI=1S/C10H14N2/c1-7-4-5-9(11)8-3-2-6-12-10(7)8/h4-5,12H,2-3,6,11H2,1H3. The maximum atomic E-state index is 5.87. The van der Waals surface area contributed by atoms with E-state index in [2.05, 4.69) is 18.3 Å². The number of rotatable bonds is 0. The maximum Gasteiger partial charge on any atom is 0.0423 e. The predicted octanol–water partition coefficient (Wildman–Crippen LogP) is 1.94. The molecule has 1 heterocycles. The highest BCUT2D eigenvalue weighted by Gasteiger charge is 2.12. The summed E-state index contributed by atoms with van der Waals surface area (Å²) in [5.74, 6) is 0. The Morgan fingerprint density at radius 3 is 3.00 bits per heavy atom. The van der Waals surface area contributed by atoms with E-state index in [1.807, 2.05) is 6.07 Å². The molecule has 0 unspecified atom stereocenters. The molecule has 0 radical (unpaired) electrons. The number of fused-ring (bicyclic) bond motifs is 1. The van der Waals surface area contributed by atoms with Gasteiger partial charge in [0.25, 0.3) is 0 Å². The Morgan fingerprint density at radius 2 is 2.25 bits per heavy atom. The van der Waals surface area contributed by atoms with Crippen molar-refractivity contribution in [3.8, 4) is 0 Å². The summed E-state index contributed by atoms with van der Waals surface area (Å²) in [4.78, 5) is 0. The van der Waals surface area contributed by atoms with E-state index in [4.69, 9.17) is 5.73 Å². The van der Waals surface area contributed by atoms with Crippen LogP contribution >= 0.6 is 0 Å². The van der Waals surface area contributed by atoms with Gasteiger partial charge in [-0.05, 0) is 37.0 Å². The molecule has 2 rings (SSSR count). The van der Waals surface area contributed by atoms with E-state index < -0.39 is 0 Å². The summed E-state index contributed by atoms with van der Waals surface area (Å²) in [6.45, 7) is 3.20. The highest BCUT2D eigenvalue weighted by molar-refractivity contribution is 5.68. The summed E-state index contributed by atoms with van der Waals surface area (Å²) in [6, 6.07) is 4.08. The minimum Gasteiger partial charge on any atom is -0.398 e. The number of hydrogen-bond donors (Lipinski definition) is 2. The largest absolute Gasteiger partial charge is 0.398 e. The fraction of sp³-hybridized carbons (Fsp3) is 0.400. The molecule has 0 saturated heterocycles. The summed E-state index contributed by atoms with van der Waals surface area (Å²) >= 11 is 0. The van der Waals surface area contributed by atoms with Gasteiger partial charge < -0.3 is 11.1 Å². The van der Waals surface area contributed by atoms with Gasteiger partial charge in [-0.2, -0.15) is 0 Å². The van der Waals surface area contributed by atoms with Crippen LogP contribution in [0.15, 0.2) is 12.1 Å². The predicted molar refractivity (Wildman–Crippen MR) is 52.4 cm³/mol. The Balaban J connectivity index is 2.57. The fourth-order valence-corrected chi connectivity index (χ4v) is 1.78. The Labute approximate surface area is 72.8 Å². The number of anilines is 2. The van der Waals surface area contributed by atoms with Gasteiger partial charge in [0.1, 0.15) is 0 Å². The normalized spacial score (nSPS) is 15.1. The first-order valence-electron chi connectivity index (χ1n) is 4.41. The van der Waals surface area contributed by atoms with E-state index in [-0.39, 0.29) is 0 Å². The second-order valence-corrected chi connectivity index (χ2v) is 3.36. The molecule has 2 heteroatoms. The molecule has 3 N–H and O–H groups in total. The van der Waals surface area contributed by atoms with Crippen molar-refractivity contribution in [3.05, 3.63) is 23.3 Å². The molecule has 1 aliphatic rings. The lowest BCUT2D eigenvalue weighted by Gasteiger charge is -2.21. The molecule has 1 aromatic carbocycles. The van der Waals surface area contributed by atoms with E-state index >= 15 is 0 Å². The van der Waals surface area contributed by atoms with Crippen molar-refractivity contribution >= 4 is 11.4 Å². The van der Waals surface area contributed by atoms with Crippen molar-refractivity contribution in [2.24, 2.45) is 0 Å². The van der Waals surface area contributed by atoms with Crippen LogP contribution in [0.25, 0.3) is 0 Å². The van der Waals surface area contributed by atoms with E-state index in [1.165, 1.54) is 23.2 Å². The molecule has 1 aromatic rings. The number of nitrogens with two attached hydrogens (primary N) is 1. The average Bonchev–Trinajstić information content (AvgIpc) is 2.12. The number of benzene rings is 1. The first-order valence-corrected chi connectivity index (χ1v) is 4.41. The highest BCUT2D eigenvalue weighted by Crippen LogP contribution is 2.29. The van der Waals surface area contributed by atoms with Gasteiger partial charge in [-0.1, -0.05) is 6.07 Å². The van der Waals surface area contributed by atoms with E-state index in [0.717, 1.165) is 18.7 Å². The van der Waals surface area contributed by atoms with Crippen LogP contribution in [-0.4, -0.2) is 6.54 Å². The van der Waals surface area contributed by atoms with Gasteiger partial charge in [0.05, 0.1) is 0 Å². The zero-order valence-electron chi connectivity index (χ0n) is 7.35. The molecule has 1 aliphatic heterocycles. The lowest BCUT2D eigenvalue weighted by atomic mass is 9.98. The van der Waals surface area contributed by atoms with Crippen LogP contribution < -0.4 is 11.1 Å². The number of nitrogen functional groups attached to an aromatic ring is 1. The van der Waals surface area contributed by atoms with Crippen molar-refractivity contribution in [3.63, 3.8) is 0 Å². The van der Waals surface area contributed by atoms with Gasteiger partial charge in [0, 0.05) is 17.9 Å². The Bertz CT molecular complexity index is 274. The lowest BCUT2D eigenvalue weighted by molar-refractivity contribution is 0.830. The van der Waals surface area contributed by atoms with Gasteiger partial charge >= 0.3 is 0 Å². The average molecular weight is 162 g/mol. The maximum absolute atomic E-state index is 5.87. The Morgan fingerprint density at radius 1 is 1.42 bits per heavy atom. The minimum absolute atomic E-state index is 0.933. The van der Waals surface area contributed by atoms with E-state index in [1.54, 1.807) is 0 Å². The topological polar surface area (TPSA) is 38.0 Å². The fourth-order valence-electron chi connectivity index (χ4n) is 1.78. The summed E-state index contributed by atoms with van der Waals surface area (Å²) < 4.78 is 0. The first kappa shape index (κ1) is 7.47. The quantitative estimate of drug-likeness (QED) is 0.572. The molecule has 0 aliphatic carbocycles. The number of aryl methyl sites for hydroxylation is 1.